The molecule has 0 N–H and O–H groups in total. The first-order chi connectivity index (χ1) is 8.27. The summed E-state index contributed by atoms with van der Waals surface area (Å²) in [6.07, 6.45) is 6.63. The molecule has 0 saturated carbocycles. The van der Waals surface area contributed by atoms with Crippen LogP contribution in [0, 0.1) is 11.8 Å². The van der Waals surface area contributed by atoms with Crippen molar-refractivity contribution < 1.29 is 14.2 Å². The van der Waals surface area contributed by atoms with Gasteiger partial charge in [0.2, 0.25) is 0 Å². The van der Waals surface area contributed by atoms with Crippen LogP contribution >= 0.6 is 0 Å². The molecule has 0 fully saturated rings. The average molecular weight is 242 g/mol. The molecule has 0 saturated heterocycles. The lowest BCUT2D eigenvalue weighted by molar-refractivity contribution is -0.170. The quantitative estimate of drug-likeness (QED) is 0.484. The van der Waals surface area contributed by atoms with Crippen LogP contribution in [0.4, 0.5) is 0 Å². The van der Waals surface area contributed by atoms with E-state index in [9.17, 15) is 0 Å². The van der Waals surface area contributed by atoms with Gasteiger partial charge >= 0.3 is 0 Å². The average Bonchev–Trinajstić information content (AvgIpc) is 2.32. The molecule has 3 heteroatoms. The maximum Gasteiger partial charge on any atom is 0.180 e. The summed E-state index contributed by atoms with van der Waals surface area (Å²) >= 11 is 0. The Morgan fingerprint density at radius 1 is 1.12 bits per heavy atom. The van der Waals surface area contributed by atoms with Gasteiger partial charge in [-0.15, -0.1) is 0 Å². The number of allylic oxidation sites excluding steroid dienone is 2. The van der Waals surface area contributed by atoms with Crippen molar-refractivity contribution in [2.45, 2.75) is 39.9 Å². The number of hydrogen-bond donors (Lipinski definition) is 0. The Bertz CT molecular complexity index is 210. The molecule has 1 aliphatic carbocycles. The molecule has 0 bridgehead atoms. The Hall–Kier alpha value is -0.380. The van der Waals surface area contributed by atoms with Gasteiger partial charge in [0.05, 0.1) is 13.2 Å². The highest BCUT2D eigenvalue weighted by Crippen LogP contribution is 2.25. The maximum atomic E-state index is 5.73. The van der Waals surface area contributed by atoms with Crippen molar-refractivity contribution >= 4 is 0 Å². The Balaban J connectivity index is 2.18. The van der Waals surface area contributed by atoms with Gasteiger partial charge in [0.15, 0.2) is 6.29 Å². The molecule has 1 rings (SSSR count). The number of rotatable bonds is 8. The van der Waals surface area contributed by atoms with Crippen LogP contribution in [0.25, 0.3) is 0 Å². The van der Waals surface area contributed by atoms with Gasteiger partial charge in [-0.25, -0.2) is 0 Å². The first-order valence-corrected chi connectivity index (χ1v) is 6.73. The Morgan fingerprint density at radius 3 is 2.35 bits per heavy atom. The number of hydrogen-bond acceptors (Lipinski definition) is 3. The molecule has 3 nitrogen and oxygen atoms in total. The van der Waals surface area contributed by atoms with Gasteiger partial charge in [0.1, 0.15) is 0 Å². The molecule has 0 aromatic carbocycles. The van der Waals surface area contributed by atoms with Gasteiger partial charge in [-0.05, 0) is 38.5 Å². The van der Waals surface area contributed by atoms with E-state index in [1.807, 2.05) is 13.8 Å². The van der Waals surface area contributed by atoms with Crippen LogP contribution in [-0.2, 0) is 14.2 Å². The molecule has 0 aromatic rings. The lowest BCUT2D eigenvalue weighted by Gasteiger charge is -2.26. The van der Waals surface area contributed by atoms with Crippen LogP contribution in [0.3, 0.4) is 0 Å². The highest BCUT2D eigenvalue weighted by molar-refractivity contribution is 4.93. The monoisotopic (exact) mass is 242 g/mol. The van der Waals surface area contributed by atoms with Crippen LogP contribution in [0.15, 0.2) is 12.2 Å². The predicted octanol–water partition coefficient (Wildman–Crippen LogP) is 3.00. The van der Waals surface area contributed by atoms with Crippen molar-refractivity contribution in [1.29, 1.82) is 0 Å². The van der Waals surface area contributed by atoms with Crippen LogP contribution in [0.1, 0.15) is 33.6 Å². The third-order valence-corrected chi connectivity index (χ3v) is 3.21. The second kappa shape index (κ2) is 8.67. The SMILES string of the molecule is CCOC(COCC1CC=CCC1C)OCC. The lowest BCUT2D eigenvalue weighted by Crippen LogP contribution is -2.27. The summed E-state index contributed by atoms with van der Waals surface area (Å²) in [5.41, 5.74) is 0. The van der Waals surface area contributed by atoms with E-state index in [0.717, 1.165) is 18.9 Å². The van der Waals surface area contributed by atoms with Gasteiger partial charge in [-0.1, -0.05) is 19.1 Å². The van der Waals surface area contributed by atoms with E-state index < -0.39 is 0 Å². The van der Waals surface area contributed by atoms with E-state index in [0.29, 0.717) is 25.7 Å². The molecule has 2 atom stereocenters. The molecule has 0 amide bonds. The first kappa shape index (κ1) is 14.7. The van der Waals surface area contributed by atoms with Crippen LogP contribution in [0.2, 0.25) is 0 Å². The first-order valence-electron chi connectivity index (χ1n) is 6.73. The standard InChI is InChI=1S/C14H26O3/c1-4-16-14(17-5-2)11-15-10-13-9-7-6-8-12(13)3/h6-7,12-14H,4-5,8-11H2,1-3H3. The summed E-state index contributed by atoms with van der Waals surface area (Å²) < 4.78 is 16.6. The van der Waals surface area contributed by atoms with E-state index in [1.165, 1.54) is 6.42 Å². The van der Waals surface area contributed by atoms with Crippen LogP contribution < -0.4 is 0 Å². The maximum absolute atomic E-state index is 5.73. The van der Waals surface area contributed by atoms with Crippen molar-refractivity contribution in [1.82, 2.24) is 0 Å². The second-order valence-corrected chi connectivity index (χ2v) is 4.56. The molecule has 0 aliphatic heterocycles. The Kier molecular flexibility index (Phi) is 7.49. The van der Waals surface area contributed by atoms with Gasteiger partial charge in [-0.3, -0.25) is 0 Å². The van der Waals surface area contributed by atoms with E-state index in [4.69, 9.17) is 14.2 Å². The van der Waals surface area contributed by atoms with E-state index in [1.54, 1.807) is 0 Å². The van der Waals surface area contributed by atoms with Crippen LogP contribution in [0.5, 0.6) is 0 Å². The van der Waals surface area contributed by atoms with Crippen molar-refractivity contribution in [3.8, 4) is 0 Å². The minimum atomic E-state index is -0.209. The van der Waals surface area contributed by atoms with Gasteiger partial charge in [-0.2, -0.15) is 0 Å². The Morgan fingerprint density at radius 2 is 1.76 bits per heavy atom. The summed E-state index contributed by atoms with van der Waals surface area (Å²) in [5, 5.41) is 0. The molecular weight excluding hydrogens is 216 g/mol. The third-order valence-electron chi connectivity index (χ3n) is 3.21. The van der Waals surface area contributed by atoms with Crippen molar-refractivity contribution in [3.05, 3.63) is 12.2 Å². The molecule has 2 unspecified atom stereocenters. The van der Waals surface area contributed by atoms with E-state index in [2.05, 4.69) is 19.1 Å². The largest absolute Gasteiger partial charge is 0.376 e. The molecule has 0 spiro atoms. The third kappa shape index (κ3) is 5.66. The zero-order valence-electron chi connectivity index (χ0n) is 11.4. The molecule has 0 heterocycles. The minimum Gasteiger partial charge on any atom is -0.376 e. The summed E-state index contributed by atoms with van der Waals surface area (Å²) in [6.45, 7) is 8.91. The number of ether oxygens (including phenoxy) is 3. The zero-order chi connectivity index (χ0) is 12.5. The van der Waals surface area contributed by atoms with Crippen LogP contribution in [-0.4, -0.2) is 32.7 Å². The summed E-state index contributed by atoms with van der Waals surface area (Å²) in [7, 11) is 0. The molecule has 0 aromatic heterocycles. The van der Waals surface area contributed by atoms with Gasteiger partial charge in [0.25, 0.3) is 0 Å². The molecule has 100 valence electrons. The second-order valence-electron chi connectivity index (χ2n) is 4.56. The molecular formula is C14H26O3. The summed E-state index contributed by atoms with van der Waals surface area (Å²) in [4.78, 5) is 0. The smallest absolute Gasteiger partial charge is 0.180 e. The van der Waals surface area contributed by atoms with Gasteiger partial charge in [0, 0.05) is 13.2 Å². The molecule has 1 aliphatic rings. The van der Waals surface area contributed by atoms with E-state index in [-0.39, 0.29) is 6.29 Å². The molecule has 17 heavy (non-hydrogen) atoms. The van der Waals surface area contributed by atoms with E-state index >= 15 is 0 Å². The Labute approximate surface area is 105 Å². The lowest BCUT2D eigenvalue weighted by atomic mass is 9.85. The minimum absolute atomic E-state index is 0.209. The fourth-order valence-electron chi connectivity index (χ4n) is 2.07. The normalized spacial score (nSPS) is 24.5. The summed E-state index contributed by atoms with van der Waals surface area (Å²) in [6, 6.07) is 0. The highest BCUT2D eigenvalue weighted by atomic mass is 16.7. The summed E-state index contributed by atoms with van der Waals surface area (Å²) in [5.74, 6) is 1.36. The fraction of sp³-hybridized carbons (Fsp3) is 0.857. The zero-order valence-corrected chi connectivity index (χ0v) is 11.4. The topological polar surface area (TPSA) is 27.7 Å². The predicted molar refractivity (Wildman–Crippen MR) is 68.9 cm³/mol. The fourth-order valence-corrected chi connectivity index (χ4v) is 2.07. The van der Waals surface area contributed by atoms with Crippen molar-refractivity contribution in [3.63, 3.8) is 0 Å². The highest BCUT2D eigenvalue weighted by Gasteiger charge is 2.19. The van der Waals surface area contributed by atoms with Crippen molar-refractivity contribution in [2.24, 2.45) is 11.8 Å². The molecule has 0 radical (unpaired) electrons. The van der Waals surface area contributed by atoms with Gasteiger partial charge < -0.3 is 14.2 Å². The van der Waals surface area contributed by atoms with Crippen molar-refractivity contribution in [2.75, 3.05) is 26.4 Å².